The van der Waals surface area contributed by atoms with Gasteiger partial charge >= 0.3 is 0 Å². The summed E-state index contributed by atoms with van der Waals surface area (Å²) < 4.78 is 0. The number of rotatable bonds is 4. The molecule has 1 aliphatic carbocycles. The van der Waals surface area contributed by atoms with E-state index in [1.165, 1.54) is 18.4 Å². The number of hydrogen-bond donors (Lipinski definition) is 1. The van der Waals surface area contributed by atoms with Crippen LogP contribution in [0.3, 0.4) is 0 Å². The van der Waals surface area contributed by atoms with Crippen molar-refractivity contribution >= 4 is 29.7 Å². The van der Waals surface area contributed by atoms with Crippen molar-refractivity contribution < 1.29 is 4.79 Å². The Labute approximate surface area is 165 Å². The molecule has 26 heavy (non-hydrogen) atoms. The third-order valence-electron chi connectivity index (χ3n) is 5.21. The SMILES string of the molecule is Cc1cccc(-c2sc(C3CC3)nc2C(=O)N2CCCCC2CN)c1.Cl. The Morgan fingerprint density at radius 1 is 1.31 bits per heavy atom. The van der Waals surface area contributed by atoms with Crippen LogP contribution in [0.25, 0.3) is 10.4 Å². The van der Waals surface area contributed by atoms with Crippen LogP contribution in [0.1, 0.15) is 59.1 Å². The number of carbonyl (C=O) groups is 1. The van der Waals surface area contributed by atoms with Gasteiger partial charge < -0.3 is 10.6 Å². The van der Waals surface area contributed by atoms with Crippen LogP contribution in [0.5, 0.6) is 0 Å². The smallest absolute Gasteiger partial charge is 0.274 e. The molecule has 2 heterocycles. The molecule has 2 fully saturated rings. The summed E-state index contributed by atoms with van der Waals surface area (Å²) in [5.41, 5.74) is 8.88. The molecule has 1 amide bonds. The molecule has 2 aromatic rings. The van der Waals surface area contributed by atoms with Crippen LogP contribution >= 0.6 is 23.7 Å². The maximum Gasteiger partial charge on any atom is 0.274 e. The number of aromatic nitrogens is 1. The Kier molecular flexibility index (Phi) is 6.00. The minimum absolute atomic E-state index is 0. The molecule has 4 nitrogen and oxygen atoms in total. The molecular weight excluding hydrogens is 366 g/mol. The predicted molar refractivity (Wildman–Crippen MR) is 109 cm³/mol. The molecule has 1 atom stereocenters. The van der Waals surface area contributed by atoms with Gasteiger partial charge in [0, 0.05) is 25.0 Å². The van der Waals surface area contributed by atoms with Gasteiger partial charge in [-0.3, -0.25) is 4.79 Å². The first-order valence-electron chi connectivity index (χ1n) is 9.26. The first-order valence-corrected chi connectivity index (χ1v) is 10.1. The topological polar surface area (TPSA) is 59.2 Å². The van der Waals surface area contributed by atoms with E-state index < -0.39 is 0 Å². The van der Waals surface area contributed by atoms with E-state index in [4.69, 9.17) is 10.7 Å². The molecule has 2 N–H and O–H groups in total. The zero-order valence-corrected chi connectivity index (χ0v) is 16.7. The van der Waals surface area contributed by atoms with Crippen LogP contribution in [-0.2, 0) is 0 Å². The lowest BCUT2D eigenvalue weighted by Crippen LogP contribution is -2.47. The molecular formula is C20H26ClN3OS. The van der Waals surface area contributed by atoms with E-state index in [0.717, 1.165) is 41.3 Å². The molecule has 1 saturated heterocycles. The second-order valence-electron chi connectivity index (χ2n) is 7.26. The van der Waals surface area contributed by atoms with Crippen LogP contribution in [0.15, 0.2) is 24.3 Å². The van der Waals surface area contributed by atoms with E-state index in [0.29, 0.717) is 18.2 Å². The summed E-state index contributed by atoms with van der Waals surface area (Å²) in [4.78, 5) is 21.1. The number of benzene rings is 1. The van der Waals surface area contributed by atoms with Gasteiger partial charge in [-0.15, -0.1) is 23.7 Å². The first kappa shape index (κ1) is 19.3. The Hall–Kier alpha value is -1.43. The quantitative estimate of drug-likeness (QED) is 0.841. The Balaban J connectivity index is 0.00000196. The normalized spacial score (nSPS) is 19.9. The maximum absolute atomic E-state index is 13.3. The van der Waals surface area contributed by atoms with Crippen molar-refractivity contribution in [2.45, 2.75) is 51.0 Å². The highest BCUT2D eigenvalue weighted by Crippen LogP contribution is 2.45. The molecule has 2 aliphatic rings. The molecule has 0 spiro atoms. The van der Waals surface area contributed by atoms with Crippen LogP contribution in [0, 0.1) is 6.92 Å². The summed E-state index contributed by atoms with van der Waals surface area (Å²) in [6.07, 6.45) is 5.61. The van der Waals surface area contributed by atoms with E-state index >= 15 is 0 Å². The Bertz CT molecular complexity index is 787. The summed E-state index contributed by atoms with van der Waals surface area (Å²) in [7, 11) is 0. The number of nitrogens with two attached hydrogens (primary N) is 1. The third kappa shape index (κ3) is 3.80. The Morgan fingerprint density at radius 3 is 2.81 bits per heavy atom. The third-order valence-corrected chi connectivity index (χ3v) is 6.48. The largest absolute Gasteiger partial charge is 0.333 e. The summed E-state index contributed by atoms with van der Waals surface area (Å²) in [5, 5.41) is 1.13. The second-order valence-corrected chi connectivity index (χ2v) is 8.29. The minimum Gasteiger partial charge on any atom is -0.333 e. The van der Waals surface area contributed by atoms with Crippen molar-refractivity contribution in [1.29, 1.82) is 0 Å². The maximum atomic E-state index is 13.3. The number of carbonyl (C=O) groups excluding carboxylic acids is 1. The average Bonchev–Trinajstić information content (AvgIpc) is 3.39. The zero-order valence-electron chi connectivity index (χ0n) is 15.1. The predicted octanol–water partition coefficient (Wildman–Crippen LogP) is 4.37. The standard InChI is InChI=1S/C20H25N3OS.ClH/c1-13-5-4-6-15(11-13)18-17(22-19(25-18)14-8-9-14)20(24)23-10-3-2-7-16(23)12-21;/h4-6,11,14,16H,2-3,7-10,12,21H2,1H3;1H. The number of hydrogen-bond acceptors (Lipinski definition) is 4. The van der Waals surface area contributed by atoms with E-state index in [-0.39, 0.29) is 24.4 Å². The van der Waals surface area contributed by atoms with Gasteiger partial charge in [0.1, 0.15) is 5.69 Å². The van der Waals surface area contributed by atoms with Crippen LogP contribution in [0.4, 0.5) is 0 Å². The number of thiazole rings is 1. The lowest BCUT2D eigenvalue weighted by atomic mass is 10.0. The first-order chi connectivity index (χ1) is 12.2. The minimum atomic E-state index is 0. The van der Waals surface area contributed by atoms with Crippen LogP contribution in [-0.4, -0.2) is 34.9 Å². The fourth-order valence-corrected chi connectivity index (χ4v) is 4.84. The number of likely N-dealkylation sites (tertiary alicyclic amines) is 1. The lowest BCUT2D eigenvalue weighted by Gasteiger charge is -2.34. The Morgan fingerprint density at radius 2 is 2.12 bits per heavy atom. The summed E-state index contributed by atoms with van der Waals surface area (Å²) in [5.74, 6) is 0.622. The van der Waals surface area contributed by atoms with Gasteiger partial charge in [-0.1, -0.05) is 29.8 Å². The molecule has 0 radical (unpaired) electrons. The van der Waals surface area contributed by atoms with Gasteiger partial charge in [-0.25, -0.2) is 4.98 Å². The number of amides is 1. The van der Waals surface area contributed by atoms with E-state index in [2.05, 4.69) is 31.2 Å². The van der Waals surface area contributed by atoms with Crippen molar-refractivity contribution in [1.82, 2.24) is 9.88 Å². The van der Waals surface area contributed by atoms with Gasteiger partial charge in [-0.05, 0) is 44.6 Å². The highest BCUT2D eigenvalue weighted by Gasteiger charge is 2.34. The summed E-state index contributed by atoms with van der Waals surface area (Å²) in [6.45, 7) is 3.41. The highest BCUT2D eigenvalue weighted by atomic mass is 35.5. The molecule has 0 bridgehead atoms. The molecule has 1 aromatic carbocycles. The highest BCUT2D eigenvalue weighted by molar-refractivity contribution is 7.15. The number of halogens is 1. The lowest BCUT2D eigenvalue weighted by molar-refractivity contribution is 0.0618. The zero-order chi connectivity index (χ0) is 17.4. The number of aryl methyl sites for hydroxylation is 1. The number of nitrogens with zero attached hydrogens (tertiary/aromatic N) is 2. The van der Waals surface area contributed by atoms with E-state index in [9.17, 15) is 4.79 Å². The molecule has 1 aromatic heterocycles. The average molecular weight is 392 g/mol. The van der Waals surface area contributed by atoms with Crippen molar-refractivity contribution in [3.8, 4) is 10.4 Å². The van der Waals surface area contributed by atoms with Crippen molar-refractivity contribution in [2.24, 2.45) is 5.73 Å². The van der Waals surface area contributed by atoms with Gasteiger partial charge in [-0.2, -0.15) is 0 Å². The summed E-state index contributed by atoms with van der Waals surface area (Å²) in [6, 6.07) is 8.53. The van der Waals surface area contributed by atoms with Crippen molar-refractivity contribution in [2.75, 3.05) is 13.1 Å². The van der Waals surface area contributed by atoms with Gasteiger partial charge in [0.2, 0.25) is 0 Å². The van der Waals surface area contributed by atoms with E-state index in [1.807, 2.05) is 4.90 Å². The van der Waals surface area contributed by atoms with Crippen LogP contribution < -0.4 is 5.73 Å². The van der Waals surface area contributed by atoms with Gasteiger partial charge in [0.15, 0.2) is 0 Å². The van der Waals surface area contributed by atoms with Crippen LogP contribution in [0.2, 0.25) is 0 Å². The molecule has 140 valence electrons. The van der Waals surface area contributed by atoms with E-state index in [1.54, 1.807) is 11.3 Å². The van der Waals surface area contributed by atoms with Crippen molar-refractivity contribution in [3.05, 3.63) is 40.5 Å². The van der Waals surface area contributed by atoms with Crippen molar-refractivity contribution in [3.63, 3.8) is 0 Å². The number of piperidine rings is 1. The molecule has 1 saturated carbocycles. The van der Waals surface area contributed by atoms with Gasteiger partial charge in [0.05, 0.1) is 9.88 Å². The fraction of sp³-hybridized carbons (Fsp3) is 0.500. The monoisotopic (exact) mass is 391 g/mol. The fourth-order valence-electron chi connectivity index (χ4n) is 3.62. The molecule has 4 rings (SSSR count). The second kappa shape index (κ2) is 8.07. The molecule has 1 unspecified atom stereocenters. The van der Waals surface area contributed by atoms with Gasteiger partial charge in [0.25, 0.3) is 5.91 Å². The molecule has 6 heteroatoms. The molecule has 1 aliphatic heterocycles. The summed E-state index contributed by atoms with van der Waals surface area (Å²) >= 11 is 1.70.